The molecular weight excluding hydrogens is 260 g/mol. The molecule has 0 aliphatic rings. The summed E-state index contributed by atoms with van der Waals surface area (Å²) in [6.07, 6.45) is 5.42. The molecule has 2 heterocycles. The number of anilines is 3. The van der Waals surface area contributed by atoms with E-state index in [2.05, 4.69) is 20.6 Å². The van der Waals surface area contributed by atoms with Crippen LogP contribution in [-0.4, -0.2) is 9.97 Å². The summed E-state index contributed by atoms with van der Waals surface area (Å²) in [5.74, 6) is 0.817. The van der Waals surface area contributed by atoms with Gasteiger partial charge in [0.1, 0.15) is 5.82 Å². The third-order valence-electron chi connectivity index (χ3n) is 3.03. The van der Waals surface area contributed by atoms with Crippen LogP contribution in [0.3, 0.4) is 0 Å². The monoisotopic (exact) mass is 276 g/mol. The zero-order valence-corrected chi connectivity index (χ0v) is 11.5. The summed E-state index contributed by atoms with van der Waals surface area (Å²) in [6, 6.07) is 17.9. The van der Waals surface area contributed by atoms with Gasteiger partial charge in [0.05, 0.1) is 0 Å². The normalized spacial score (nSPS) is 10.1. The Morgan fingerprint density at radius 3 is 2.57 bits per heavy atom. The second kappa shape index (κ2) is 6.52. The molecule has 1 aromatic carbocycles. The second-order valence-corrected chi connectivity index (χ2v) is 4.64. The first-order chi connectivity index (χ1) is 10.4. The van der Waals surface area contributed by atoms with E-state index in [0.29, 0.717) is 0 Å². The van der Waals surface area contributed by atoms with Crippen LogP contribution < -0.4 is 10.6 Å². The maximum atomic E-state index is 4.33. The smallest absolute Gasteiger partial charge is 0.132 e. The van der Waals surface area contributed by atoms with Crippen molar-refractivity contribution >= 4 is 17.2 Å². The van der Waals surface area contributed by atoms with Gasteiger partial charge in [0, 0.05) is 42.6 Å². The largest absolute Gasteiger partial charge is 0.381 e. The molecule has 0 spiro atoms. The number of rotatable bonds is 5. The van der Waals surface area contributed by atoms with Crippen molar-refractivity contribution in [3.63, 3.8) is 0 Å². The molecule has 3 aromatic rings. The van der Waals surface area contributed by atoms with E-state index >= 15 is 0 Å². The Balaban J connectivity index is 1.66. The number of para-hydroxylation sites is 1. The van der Waals surface area contributed by atoms with Gasteiger partial charge < -0.3 is 10.6 Å². The number of pyridine rings is 2. The van der Waals surface area contributed by atoms with Gasteiger partial charge in [-0.1, -0.05) is 24.3 Å². The molecule has 3 rings (SSSR count). The average molecular weight is 276 g/mol. The van der Waals surface area contributed by atoms with Gasteiger partial charge in [-0.2, -0.15) is 0 Å². The molecule has 4 nitrogen and oxygen atoms in total. The quantitative estimate of drug-likeness (QED) is 0.743. The van der Waals surface area contributed by atoms with Gasteiger partial charge in [0.25, 0.3) is 0 Å². The molecule has 0 atom stereocenters. The Kier molecular flexibility index (Phi) is 4.07. The Labute approximate surface area is 123 Å². The minimum absolute atomic E-state index is 0.739. The van der Waals surface area contributed by atoms with E-state index in [4.69, 9.17) is 0 Å². The third kappa shape index (κ3) is 3.79. The number of benzene rings is 1. The van der Waals surface area contributed by atoms with Crippen LogP contribution in [0.5, 0.6) is 0 Å². The summed E-state index contributed by atoms with van der Waals surface area (Å²) in [7, 11) is 0. The highest BCUT2D eigenvalue weighted by Gasteiger charge is 1.98. The molecule has 0 bridgehead atoms. The van der Waals surface area contributed by atoms with E-state index in [0.717, 1.165) is 29.3 Å². The molecule has 2 N–H and O–H groups in total. The van der Waals surface area contributed by atoms with Crippen molar-refractivity contribution in [1.82, 2.24) is 9.97 Å². The van der Waals surface area contributed by atoms with Gasteiger partial charge in [-0.15, -0.1) is 0 Å². The second-order valence-electron chi connectivity index (χ2n) is 4.64. The zero-order valence-electron chi connectivity index (χ0n) is 11.5. The van der Waals surface area contributed by atoms with Crippen LogP contribution in [0.2, 0.25) is 0 Å². The number of nitrogens with one attached hydrogen (secondary N) is 2. The lowest BCUT2D eigenvalue weighted by Gasteiger charge is -2.09. The highest BCUT2D eigenvalue weighted by molar-refractivity contribution is 5.60. The molecule has 0 radical (unpaired) electrons. The van der Waals surface area contributed by atoms with Crippen molar-refractivity contribution in [1.29, 1.82) is 0 Å². The Bertz CT molecular complexity index is 683. The maximum Gasteiger partial charge on any atom is 0.132 e. The van der Waals surface area contributed by atoms with Crippen molar-refractivity contribution in [2.75, 3.05) is 10.6 Å². The van der Waals surface area contributed by atoms with Crippen LogP contribution in [-0.2, 0) is 6.54 Å². The van der Waals surface area contributed by atoms with Crippen LogP contribution in [0.15, 0.2) is 73.2 Å². The molecule has 0 fully saturated rings. The van der Waals surface area contributed by atoms with E-state index in [1.165, 1.54) is 0 Å². The Hall–Kier alpha value is -2.88. The lowest BCUT2D eigenvalue weighted by atomic mass is 10.2. The topological polar surface area (TPSA) is 49.8 Å². The molecular formula is C17H16N4. The van der Waals surface area contributed by atoms with Gasteiger partial charge in [-0.05, 0) is 29.8 Å². The van der Waals surface area contributed by atoms with Gasteiger partial charge in [0.2, 0.25) is 0 Å². The summed E-state index contributed by atoms with van der Waals surface area (Å²) in [6.45, 7) is 0.739. The summed E-state index contributed by atoms with van der Waals surface area (Å²) < 4.78 is 0. The van der Waals surface area contributed by atoms with E-state index in [1.54, 1.807) is 12.4 Å². The molecule has 104 valence electrons. The first-order valence-corrected chi connectivity index (χ1v) is 6.81. The molecule has 0 aliphatic carbocycles. The predicted molar refractivity (Wildman–Crippen MR) is 85.5 cm³/mol. The summed E-state index contributed by atoms with van der Waals surface area (Å²) in [5, 5.41) is 6.65. The molecule has 4 heteroatoms. The minimum atomic E-state index is 0.739. The molecule has 0 amide bonds. The number of hydrogen-bond donors (Lipinski definition) is 2. The summed E-state index contributed by atoms with van der Waals surface area (Å²) >= 11 is 0. The van der Waals surface area contributed by atoms with Gasteiger partial charge in [0.15, 0.2) is 0 Å². The van der Waals surface area contributed by atoms with E-state index in [9.17, 15) is 0 Å². The number of hydrogen-bond acceptors (Lipinski definition) is 4. The fourth-order valence-electron chi connectivity index (χ4n) is 1.99. The third-order valence-corrected chi connectivity index (χ3v) is 3.03. The summed E-state index contributed by atoms with van der Waals surface area (Å²) in [4.78, 5) is 8.43. The van der Waals surface area contributed by atoms with Gasteiger partial charge in [-0.25, -0.2) is 4.98 Å². The standard InChI is InChI=1S/C17H16N4/c1-2-6-15(7-3-1)21-17-11-16(8-10-19-17)20-13-14-5-4-9-18-12-14/h1-12H,13H2,(H2,19,20,21). The molecule has 0 unspecified atom stereocenters. The van der Waals surface area contributed by atoms with Crippen LogP contribution in [0.4, 0.5) is 17.2 Å². The van der Waals surface area contributed by atoms with Crippen LogP contribution in [0, 0.1) is 0 Å². The van der Waals surface area contributed by atoms with E-state index in [1.807, 2.05) is 60.8 Å². The number of nitrogens with zero attached hydrogens (tertiary/aromatic N) is 2. The van der Waals surface area contributed by atoms with Crippen molar-refractivity contribution in [2.24, 2.45) is 0 Å². The lowest BCUT2D eigenvalue weighted by Crippen LogP contribution is -2.01. The summed E-state index contributed by atoms with van der Waals surface area (Å²) in [5.41, 5.74) is 3.19. The van der Waals surface area contributed by atoms with Crippen molar-refractivity contribution < 1.29 is 0 Å². The molecule has 0 saturated heterocycles. The van der Waals surface area contributed by atoms with Crippen molar-refractivity contribution in [3.05, 3.63) is 78.8 Å². The maximum absolute atomic E-state index is 4.33. The number of aromatic nitrogens is 2. The molecule has 0 saturated carbocycles. The SMILES string of the molecule is c1ccc(Nc2cc(NCc3cccnc3)ccn2)cc1. The van der Waals surface area contributed by atoms with Gasteiger partial charge >= 0.3 is 0 Å². The lowest BCUT2D eigenvalue weighted by molar-refractivity contribution is 1.11. The fourth-order valence-corrected chi connectivity index (χ4v) is 1.99. The first kappa shape index (κ1) is 13.1. The van der Waals surface area contributed by atoms with Crippen molar-refractivity contribution in [3.8, 4) is 0 Å². The van der Waals surface area contributed by atoms with Gasteiger partial charge in [-0.3, -0.25) is 4.98 Å². The zero-order chi connectivity index (χ0) is 14.3. The minimum Gasteiger partial charge on any atom is -0.381 e. The van der Waals surface area contributed by atoms with Crippen LogP contribution >= 0.6 is 0 Å². The first-order valence-electron chi connectivity index (χ1n) is 6.81. The average Bonchev–Trinajstić information content (AvgIpc) is 2.55. The van der Waals surface area contributed by atoms with Crippen LogP contribution in [0.1, 0.15) is 5.56 Å². The predicted octanol–water partition coefficient (Wildman–Crippen LogP) is 3.83. The molecule has 2 aromatic heterocycles. The van der Waals surface area contributed by atoms with E-state index < -0.39 is 0 Å². The van der Waals surface area contributed by atoms with E-state index in [-0.39, 0.29) is 0 Å². The molecule has 21 heavy (non-hydrogen) atoms. The van der Waals surface area contributed by atoms with Crippen LogP contribution in [0.25, 0.3) is 0 Å². The Morgan fingerprint density at radius 1 is 0.857 bits per heavy atom. The highest BCUT2D eigenvalue weighted by Crippen LogP contribution is 2.17. The van der Waals surface area contributed by atoms with Crippen molar-refractivity contribution in [2.45, 2.75) is 6.54 Å². The highest BCUT2D eigenvalue weighted by atomic mass is 15.0. The molecule has 0 aliphatic heterocycles. The Morgan fingerprint density at radius 2 is 1.76 bits per heavy atom. The fraction of sp³-hybridized carbons (Fsp3) is 0.0588.